The molecule has 0 saturated carbocycles. The molecule has 27 heavy (non-hydrogen) atoms. The monoisotopic (exact) mass is 395 g/mol. The van der Waals surface area contributed by atoms with Gasteiger partial charge in [0.05, 0.1) is 13.1 Å². The molecule has 0 amide bonds. The highest BCUT2D eigenvalue weighted by atomic mass is 35.5. The SMILES string of the molecule is Nc1ncnc2c1c(Oc1cc(Cl)ccn1)nn2CC1CCNCC1(F)F. The number of nitrogen functional groups attached to an aromatic ring is 1. The molecule has 1 aliphatic rings. The van der Waals surface area contributed by atoms with Crippen LogP contribution < -0.4 is 15.8 Å². The Morgan fingerprint density at radius 3 is 3.00 bits per heavy atom. The van der Waals surface area contributed by atoms with Crippen LogP contribution in [0.15, 0.2) is 24.7 Å². The third-order valence-electron chi connectivity index (χ3n) is 4.45. The largest absolute Gasteiger partial charge is 0.418 e. The highest BCUT2D eigenvalue weighted by Gasteiger charge is 2.42. The van der Waals surface area contributed by atoms with E-state index in [0.29, 0.717) is 29.0 Å². The van der Waals surface area contributed by atoms with Gasteiger partial charge < -0.3 is 15.8 Å². The van der Waals surface area contributed by atoms with Gasteiger partial charge in [-0.25, -0.2) is 28.4 Å². The molecule has 4 heterocycles. The summed E-state index contributed by atoms with van der Waals surface area (Å²) in [7, 11) is 0. The molecule has 142 valence electrons. The highest BCUT2D eigenvalue weighted by Crippen LogP contribution is 2.35. The van der Waals surface area contributed by atoms with E-state index in [4.69, 9.17) is 22.1 Å². The van der Waals surface area contributed by atoms with E-state index < -0.39 is 11.8 Å². The summed E-state index contributed by atoms with van der Waals surface area (Å²) in [5.74, 6) is -3.29. The summed E-state index contributed by atoms with van der Waals surface area (Å²) in [5, 5.41) is 7.80. The molecule has 3 aromatic rings. The van der Waals surface area contributed by atoms with Gasteiger partial charge >= 0.3 is 0 Å². The van der Waals surface area contributed by atoms with Crippen LogP contribution in [0.3, 0.4) is 0 Å². The lowest BCUT2D eigenvalue weighted by Gasteiger charge is -2.31. The Morgan fingerprint density at radius 2 is 2.22 bits per heavy atom. The lowest BCUT2D eigenvalue weighted by molar-refractivity contribution is -0.0795. The van der Waals surface area contributed by atoms with Gasteiger partial charge in [-0.3, -0.25) is 0 Å². The average molecular weight is 396 g/mol. The molecule has 4 rings (SSSR count). The first-order chi connectivity index (χ1) is 12.9. The molecule has 0 aliphatic carbocycles. The van der Waals surface area contributed by atoms with Crippen molar-refractivity contribution in [3.8, 4) is 11.8 Å². The van der Waals surface area contributed by atoms with E-state index in [1.54, 1.807) is 6.07 Å². The van der Waals surface area contributed by atoms with E-state index in [0.717, 1.165) is 0 Å². The third-order valence-corrected chi connectivity index (χ3v) is 4.68. The van der Waals surface area contributed by atoms with Gasteiger partial charge in [0.2, 0.25) is 5.88 Å². The second-order valence-corrected chi connectivity index (χ2v) is 6.72. The van der Waals surface area contributed by atoms with Gasteiger partial charge in [0.1, 0.15) is 17.5 Å². The van der Waals surface area contributed by atoms with Crippen LogP contribution in [-0.4, -0.2) is 43.7 Å². The molecule has 0 bridgehead atoms. The number of pyridine rings is 1. The summed E-state index contributed by atoms with van der Waals surface area (Å²) < 4.78 is 35.5. The maximum absolute atomic E-state index is 14.2. The Bertz CT molecular complexity index is 981. The van der Waals surface area contributed by atoms with Crippen LogP contribution in [0.25, 0.3) is 11.0 Å². The minimum absolute atomic E-state index is 0.0199. The summed E-state index contributed by atoms with van der Waals surface area (Å²) in [6, 6.07) is 3.11. The minimum Gasteiger partial charge on any atom is -0.418 e. The third kappa shape index (κ3) is 3.50. The molecule has 11 heteroatoms. The first kappa shape index (κ1) is 17.8. The van der Waals surface area contributed by atoms with Crippen molar-refractivity contribution >= 4 is 28.5 Å². The lowest BCUT2D eigenvalue weighted by atomic mass is 9.94. The van der Waals surface area contributed by atoms with Crippen LogP contribution in [0, 0.1) is 5.92 Å². The van der Waals surface area contributed by atoms with Gasteiger partial charge in [0, 0.05) is 23.2 Å². The van der Waals surface area contributed by atoms with Gasteiger partial charge in [-0.2, -0.15) is 0 Å². The number of nitrogens with two attached hydrogens (primary N) is 1. The van der Waals surface area contributed by atoms with Crippen molar-refractivity contribution in [1.82, 2.24) is 30.0 Å². The van der Waals surface area contributed by atoms with Crippen molar-refractivity contribution in [2.24, 2.45) is 5.92 Å². The number of fused-ring (bicyclic) bond motifs is 1. The maximum Gasteiger partial charge on any atom is 0.264 e. The molecule has 3 aromatic heterocycles. The van der Waals surface area contributed by atoms with Crippen molar-refractivity contribution in [3.63, 3.8) is 0 Å². The Kier molecular flexibility index (Phi) is 4.52. The molecule has 0 aromatic carbocycles. The van der Waals surface area contributed by atoms with Crippen molar-refractivity contribution in [1.29, 1.82) is 0 Å². The van der Waals surface area contributed by atoms with E-state index in [9.17, 15) is 8.78 Å². The normalized spacial score (nSPS) is 19.3. The molecule has 8 nitrogen and oxygen atoms in total. The van der Waals surface area contributed by atoms with Gasteiger partial charge in [0.25, 0.3) is 11.8 Å². The Morgan fingerprint density at radius 1 is 1.37 bits per heavy atom. The molecule has 1 unspecified atom stereocenters. The molecule has 1 atom stereocenters. The summed E-state index contributed by atoms with van der Waals surface area (Å²) in [4.78, 5) is 12.2. The number of hydrogen-bond donors (Lipinski definition) is 2. The molecule has 0 radical (unpaired) electrons. The van der Waals surface area contributed by atoms with Crippen molar-refractivity contribution < 1.29 is 13.5 Å². The van der Waals surface area contributed by atoms with Crippen LogP contribution in [0.1, 0.15) is 6.42 Å². The number of hydrogen-bond acceptors (Lipinski definition) is 7. The fourth-order valence-electron chi connectivity index (χ4n) is 3.06. The van der Waals surface area contributed by atoms with Gasteiger partial charge in [-0.05, 0) is 19.0 Å². The van der Waals surface area contributed by atoms with Gasteiger partial charge in [-0.15, -0.1) is 5.10 Å². The predicted octanol–water partition coefficient (Wildman–Crippen LogP) is 2.49. The van der Waals surface area contributed by atoms with Crippen molar-refractivity contribution in [2.75, 3.05) is 18.8 Å². The zero-order chi connectivity index (χ0) is 19.0. The Hall–Kier alpha value is -2.59. The number of piperidine rings is 1. The quantitative estimate of drug-likeness (QED) is 0.699. The van der Waals surface area contributed by atoms with Crippen LogP contribution in [0.2, 0.25) is 5.02 Å². The highest BCUT2D eigenvalue weighted by molar-refractivity contribution is 6.30. The summed E-state index contributed by atoms with van der Waals surface area (Å²) in [5.41, 5.74) is 6.28. The number of rotatable bonds is 4. The van der Waals surface area contributed by atoms with Crippen LogP contribution in [0.4, 0.5) is 14.6 Å². The number of aromatic nitrogens is 5. The van der Waals surface area contributed by atoms with Crippen LogP contribution in [0.5, 0.6) is 11.8 Å². The molecule has 1 aliphatic heterocycles. The van der Waals surface area contributed by atoms with E-state index in [1.807, 2.05) is 0 Å². The molecule has 0 spiro atoms. The van der Waals surface area contributed by atoms with E-state index >= 15 is 0 Å². The maximum atomic E-state index is 14.2. The van der Waals surface area contributed by atoms with Crippen LogP contribution in [-0.2, 0) is 6.54 Å². The van der Waals surface area contributed by atoms with E-state index in [2.05, 4.69) is 25.4 Å². The average Bonchev–Trinajstić information content (AvgIpc) is 2.95. The molecule has 1 fully saturated rings. The van der Waals surface area contributed by atoms with Crippen molar-refractivity contribution in [2.45, 2.75) is 18.9 Å². The van der Waals surface area contributed by atoms with E-state index in [1.165, 1.54) is 23.3 Å². The number of nitrogens with one attached hydrogen (secondary N) is 1. The molecular formula is C16H16ClF2N7O. The second-order valence-electron chi connectivity index (χ2n) is 6.28. The molecular weight excluding hydrogens is 380 g/mol. The van der Waals surface area contributed by atoms with Crippen LogP contribution >= 0.6 is 11.6 Å². The molecule has 3 N–H and O–H groups in total. The minimum atomic E-state index is -2.84. The fraction of sp³-hybridized carbons (Fsp3) is 0.375. The number of ether oxygens (including phenoxy) is 1. The number of alkyl halides is 2. The van der Waals surface area contributed by atoms with Gasteiger partial charge in [-0.1, -0.05) is 11.6 Å². The second kappa shape index (κ2) is 6.86. The lowest BCUT2D eigenvalue weighted by Crippen LogP contribution is -2.47. The van der Waals surface area contributed by atoms with Gasteiger partial charge in [0.15, 0.2) is 5.65 Å². The Labute approximate surface area is 157 Å². The zero-order valence-electron chi connectivity index (χ0n) is 14.1. The first-order valence-electron chi connectivity index (χ1n) is 8.29. The number of nitrogens with zero attached hydrogens (tertiary/aromatic N) is 5. The summed E-state index contributed by atoms with van der Waals surface area (Å²) in [6.45, 7) is 0.143. The first-order valence-corrected chi connectivity index (χ1v) is 8.67. The molecule has 1 saturated heterocycles. The summed E-state index contributed by atoms with van der Waals surface area (Å²) in [6.07, 6.45) is 3.06. The Balaban J connectivity index is 1.72. The zero-order valence-corrected chi connectivity index (χ0v) is 14.8. The van der Waals surface area contributed by atoms with Crippen molar-refractivity contribution in [3.05, 3.63) is 29.7 Å². The number of anilines is 1. The standard InChI is InChI=1S/C16H16ClF2N7O/c17-10-2-4-22-11(5-10)27-15-12-13(20)23-8-24-14(12)26(25-15)6-9-1-3-21-7-16(9,18)19/h2,4-5,8-9,21H,1,3,6-7H2,(H2,20,23,24). The number of halogens is 3. The smallest absolute Gasteiger partial charge is 0.264 e. The predicted molar refractivity (Wildman–Crippen MR) is 95.0 cm³/mol. The van der Waals surface area contributed by atoms with E-state index in [-0.39, 0.29) is 30.7 Å². The topological polar surface area (TPSA) is 104 Å². The fourth-order valence-corrected chi connectivity index (χ4v) is 3.21. The summed E-state index contributed by atoms with van der Waals surface area (Å²) >= 11 is 5.94.